The molecule has 1 aliphatic rings. The zero-order valence-corrected chi connectivity index (χ0v) is 16.6. The summed E-state index contributed by atoms with van der Waals surface area (Å²) in [5.41, 5.74) is 1.88. The van der Waals surface area contributed by atoms with Gasteiger partial charge in [0.1, 0.15) is 0 Å². The number of hydrogen-bond donors (Lipinski definition) is 1. The number of ketones is 1. The molecule has 1 amide bonds. The van der Waals surface area contributed by atoms with Crippen LogP contribution >= 0.6 is 0 Å². The van der Waals surface area contributed by atoms with E-state index in [9.17, 15) is 18.0 Å². The maximum Gasteiger partial charge on any atom is 0.255 e. The van der Waals surface area contributed by atoms with E-state index in [1.54, 1.807) is 37.3 Å². The predicted octanol–water partition coefficient (Wildman–Crippen LogP) is 2.47. The van der Waals surface area contributed by atoms with Crippen LogP contribution in [-0.4, -0.2) is 50.7 Å². The maximum atomic E-state index is 12.9. The molecule has 0 aromatic heterocycles. The molecule has 0 radical (unpaired) electrons. The van der Waals surface area contributed by atoms with Crippen molar-refractivity contribution in [3.8, 4) is 0 Å². The molecule has 148 valence electrons. The Morgan fingerprint density at radius 2 is 1.79 bits per heavy atom. The first-order valence-electron chi connectivity index (χ1n) is 8.90. The number of nitrogens with one attached hydrogen (secondary N) is 1. The third-order valence-corrected chi connectivity index (χ3v) is 6.48. The van der Waals surface area contributed by atoms with Crippen LogP contribution in [0.15, 0.2) is 47.4 Å². The van der Waals surface area contributed by atoms with Gasteiger partial charge < -0.3 is 10.1 Å². The fourth-order valence-electron chi connectivity index (χ4n) is 2.96. The molecule has 28 heavy (non-hydrogen) atoms. The Kier molecular flexibility index (Phi) is 5.93. The van der Waals surface area contributed by atoms with Gasteiger partial charge in [-0.2, -0.15) is 4.31 Å². The second-order valence-electron chi connectivity index (χ2n) is 6.58. The van der Waals surface area contributed by atoms with Crippen LogP contribution in [0, 0.1) is 6.92 Å². The number of hydrogen-bond acceptors (Lipinski definition) is 5. The third kappa shape index (κ3) is 4.30. The van der Waals surface area contributed by atoms with Gasteiger partial charge in [0.15, 0.2) is 5.78 Å². The first kappa shape index (κ1) is 20.2. The molecule has 8 heteroatoms. The monoisotopic (exact) mass is 402 g/mol. The Labute approximate surface area is 164 Å². The van der Waals surface area contributed by atoms with Crippen molar-refractivity contribution in [3.05, 3.63) is 59.2 Å². The number of carbonyl (C=O) groups excluding carboxylic acids is 2. The van der Waals surface area contributed by atoms with Crippen molar-refractivity contribution >= 4 is 27.4 Å². The fraction of sp³-hybridized carbons (Fsp3) is 0.300. The maximum absolute atomic E-state index is 12.9. The second-order valence-corrected chi connectivity index (χ2v) is 8.52. The Bertz CT molecular complexity index is 1010. The summed E-state index contributed by atoms with van der Waals surface area (Å²) >= 11 is 0. The lowest BCUT2D eigenvalue weighted by atomic mass is 10.1. The van der Waals surface area contributed by atoms with E-state index >= 15 is 0 Å². The highest BCUT2D eigenvalue weighted by molar-refractivity contribution is 7.89. The van der Waals surface area contributed by atoms with Crippen LogP contribution in [0.3, 0.4) is 0 Å². The van der Waals surface area contributed by atoms with Crippen molar-refractivity contribution in [2.45, 2.75) is 18.7 Å². The van der Waals surface area contributed by atoms with E-state index in [0.717, 1.165) is 0 Å². The number of anilines is 1. The van der Waals surface area contributed by atoms with Crippen LogP contribution < -0.4 is 5.32 Å². The number of ether oxygens (including phenoxy) is 1. The minimum Gasteiger partial charge on any atom is -0.379 e. The smallest absolute Gasteiger partial charge is 0.255 e. The van der Waals surface area contributed by atoms with Crippen molar-refractivity contribution in [1.29, 1.82) is 0 Å². The molecule has 2 aromatic rings. The molecule has 0 bridgehead atoms. The highest BCUT2D eigenvalue weighted by Gasteiger charge is 2.27. The Balaban J connectivity index is 1.88. The number of aryl methyl sites for hydroxylation is 1. The summed E-state index contributed by atoms with van der Waals surface area (Å²) in [5.74, 6) is -0.539. The van der Waals surface area contributed by atoms with Crippen molar-refractivity contribution in [2.75, 3.05) is 31.6 Å². The van der Waals surface area contributed by atoms with Gasteiger partial charge in [-0.3, -0.25) is 9.59 Å². The average Bonchev–Trinajstić information content (AvgIpc) is 2.69. The summed E-state index contributed by atoms with van der Waals surface area (Å²) in [7, 11) is -3.70. The topological polar surface area (TPSA) is 92.8 Å². The quantitative estimate of drug-likeness (QED) is 0.776. The molecule has 0 aliphatic carbocycles. The van der Waals surface area contributed by atoms with Crippen molar-refractivity contribution < 1.29 is 22.7 Å². The standard InChI is InChI=1S/C20H22N2O5S/c1-14-6-7-18(28(25,26)22-8-10-27-11-9-22)13-19(14)20(24)21-17-5-3-4-16(12-17)15(2)23/h3-7,12-13H,8-11H2,1-2H3,(H,21,24). The van der Waals surface area contributed by atoms with Gasteiger partial charge >= 0.3 is 0 Å². The molecular formula is C20H22N2O5S. The fourth-order valence-corrected chi connectivity index (χ4v) is 4.39. The molecule has 2 aromatic carbocycles. The van der Waals surface area contributed by atoms with E-state index in [1.165, 1.54) is 23.4 Å². The first-order valence-corrected chi connectivity index (χ1v) is 10.3. The number of sulfonamides is 1. The third-order valence-electron chi connectivity index (χ3n) is 4.59. The Hall–Kier alpha value is -2.55. The van der Waals surface area contributed by atoms with E-state index in [2.05, 4.69) is 5.32 Å². The molecule has 0 saturated carbocycles. The number of rotatable bonds is 5. The Morgan fingerprint density at radius 3 is 2.46 bits per heavy atom. The number of nitrogens with zero attached hydrogens (tertiary/aromatic N) is 1. The molecule has 7 nitrogen and oxygen atoms in total. The van der Waals surface area contributed by atoms with E-state index in [4.69, 9.17) is 4.74 Å². The first-order chi connectivity index (χ1) is 13.3. The average molecular weight is 402 g/mol. The summed E-state index contributed by atoms with van der Waals surface area (Å²) in [6.07, 6.45) is 0. The molecule has 1 N–H and O–H groups in total. The summed E-state index contributed by atoms with van der Waals surface area (Å²) in [4.78, 5) is 24.3. The molecule has 1 aliphatic heterocycles. The minimum absolute atomic E-state index is 0.0719. The van der Waals surface area contributed by atoms with E-state index in [-0.39, 0.29) is 29.3 Å². The van der Waals surface area contributed by atoms with Crippen LogP contribution in [0.2, 0.25) is 0 Å². The normalized spacial score (nSPS) is 15.2. The van der Waals surface area contributed by atoms with Gasteiger partial charge in [0.05, 0.1) is 18.1 Å². The zero-order chi connectivity index (χ0) is 20.3. The lowest BCUT2D eigenvalue weighted by molar-refractivity contribution is 0.0730. The SMILES string of the molecule is CC(=O)c1cccc(NC(=O)c2cc(S(=O)(=O)N3CCOCC3)ccc2C)c1. The molecule has 3 rings (SSSR count). The van der Waals surface area contributed by atoms with E-state index < -0.39 is 15.9 Å². The molecule has 1 saturated heterocycles. The van der Waals surface area contributed by atoms with Gasteiger partial charge in [0.2, 0.25) is 10.0 Å². The van der Waals surface area contributed by atoms with Gasteiger partial charge in [-0.25, -0.2) is 8.42 Å². The number of Topliss-reactive ketones (excluding diaryl/α,β-unsaturated/α-hetero) is 1. The highest BCUT2D eigenvalue weighted by Crippen LogP contribution is 2.22. The highest BCUT2D eigenvalue weighted by atomic mass is 32.2. The van der Waals surface area contributed by atoms with Crippen molar-refractivity contribution in [2.24, 2.45) is 0 Å². The molecule has 0 unspecified atom stereocenters. The molecular weight excluding hydrogens is 380 g/mol. The molecule has 0 spiro atoms. The molecule has 0 atom stereocenters. The summed E-state index contributed by atoms with van der Waals surface area (Å²) in [6.45, 7) is 4.47. The van der Waals surface area contributed by atoms with Crippen LogP contribution in [0.4, 0.5) is 5.69 Å². The molecule has 1 fully saturated rings. The minimum atomic E-state index is -3.70. The lowest BCUT2D eigenvalue weighted by Crippen LogP contribution is -2.40. The van der Waals surface area contributed by atoms with Gasteiger partial charge in [0.25, 0.3) is 5.91 Å². The number of carbonyl (C=O) groups is 2. The van der Waals surface area contributed by atoms with Gasteiger partial charge in [0, 0.05) is 29.9 Å². The van der Waals surface area contributed by atoms with Crippen LogP contribution in [0.5, 0.6) is 0 Å². The predicted molar refractivity (Wildman–Crippen MR) is 105 cm³/mol. The van der Waals surface area contributed by atoms with E-state index in [0.29, 0.717) is 30.0 Å². The van der Waals surface area contributed by atoms with Gasteiger partial charge in [-0.05, 0) is 43.7 Å². The largest absolute Gasteiger partial charge is 0.379 e. The van der Waals surface area contributed by atoms with Crippen molar-refractivity contribution in [1.82, 2.24) is 4.31 Å². The number of morpholine rings is 1. The number of benzene rings is 2. The summed E-state index contributed by atoms with van der Waals surface area (Å²) in [6, 6.07) is 11.1. The summed E-state index contributed by atoms with van der Waals surface area (Å²) < 4.78 is 32.3. The second kappa shape index (κ2) is 8.22. The van der Waals surface area contributed by atoms with E-state index in [1.807, 2.05) is 0 Å². The number of amides is 1. The summed E-state index contributed by atoms with van der Waals surface area (Å²) in [5, 5.41) is 2.73. The van der Waals surface area contributed by atoms with Crippen molar-refractivity contribution in [3.63, 3.8) is 0 Å². The van der Waals surface area contributed by atoms with Crippen LogP contribution in [0.25, 0.3) is 0 Å². The van der Waals surface area contributed by atoms with Gasteiger partial charge in [-0.15, -0.1) is 0 Å². The van der Waals surface area contributed by atoms with Crippen LogP contribution in [-0.2, 0) is 14.8 Å². The Morgan fingerprint density at radius 1 is 1.07 bits per heavy atom. The zero-order valence-electron chi connectivity index (χ0n) is 15.8. The molecule has 1 heterocycles. The van der Waals surface area contributed by atoms with Crippen LogP contribution in [0.1, 0.15) is 33.2 Å². The van der Waals surface area contributed by atoms with Gasteiger partial charge in [-0.1, -0.05) is 18.2 Å². The lowest BCUT2D eigenvalue weighted by Gasteiger charge is -2.26.